The molecule has 2 N–H and O–H groups in total. The summed E-state index contributed by atoms with van der Waals surface area (Å²) < 4.78 is 0. The van der Waals surface area contributed by atoms with Crippen LogP contribution in [0.15, 0.2) is 24.3 Å². The van der Waals surface area contributed by atoms with Crippen molar-refractivity contribution in [1.29, 1.82) is 0 Å². The van der Waals surface area contributed by atoms with Gasteiger partial charge < -0.3 is 10.6 Å². The molecule has 1 atom stereocenters. The summed E-state index contributed by atoms with van der Waals surface area (Å²) in [6, 6.07) is 8.55. The van der Waals surface area contributed by atoms with Crippen molar-refractivity contribution in [3.8, 4) is 0 Å². The summed E-state index contributed by atoms with van der Waals surface area (Å²) >= 11 is 0. The fraction of sp³-hybridized carbons (Fsp3) is 0.562. The zero-order chi connectivity index (χ0) is 13.7. The predicted octanol–water partition coefficient (Wildman–Crippen LogP) is 2.27. The average Bonchev–Trinajstić information content (AvgIpc) is 2.46. The van der Waals surface area contributed by atoms with E-state index in [1.807, 2.05) is 17.0 Å². The zero-order valence-corrected chi connectivity index (χ0v) is 11.8. The van der Waals surface area contributed by atoms with E-state index in [0.717, 1.165) is 25.8 Å². The lowest BCUT2D eigenvalue weighted by molar-refractivity contribution is -0.134. The lowest BCUT2D eigenvalue weighted by Crippen LogP contribution is -2.47. The highest BCUT2D eigenvalue weighted by molar-refractivity contribution is 5.77. The molecule has 104 valence electrons. The van der Waals surface area contributed by atoms with E-state index in [1.54, 1.807) is 0 Å². The molecule has 0 saturated carbocycles. The zero-order valence-electron chi connectivity index (χ0n) is 11.8. The van der Waals surface area contributed by atoms with E-state index in [-0.39, 0.29) is 11.9 Å². The van der Waals surface area contributed by atoms with Crippen LogP contribution in [0.5, 0.6) is 0 Å². The van der Waals surface area contributed by atoms with Gasteiger partial charge >= 0.3 is 0 Å². The molecule has 19 heavy (non-hydrogen) atoms. The van der Waals surface area contributed by atoms with Crippen LogP contribution in [0.1, 0.15) is 36.8 Å². The number of likely N-dealkylation sites (tertiary alicyclic amines) is 1. The van der Waals surface area contributed by atoms with Gasteiger partial charge in [0, 0.05) is 25.6 Å². The summed E-state index contributed by atoms with van der Waals surface area (Å²) in [6.45, 7) is 3.58. The summed E-state index contributed by atoms with van der Waals surface area (Å²) in [5, 5.41) is 0. The van der Waals surface area contributed by atoms with Crippen molar-refractivity contribution in [3.05, 3.63) is 35.4 Å². The Labute approximate surface area is 115 Å². The number of rotatable bonds is 4. The number of hydrogen-bond acceptors (Lipinski definition) is 2. The lowest BCUT2D eigenvalue weighted by atomic mass is 10.00. The molecule has 0 radical (unpaired) electrons. The van der Waals surface area contributed by atoms with E-state index < -0.39 is 0 Å². The third-order valence-corrected chi connectivity index (χ3v) is 4.09. The number of carbonyl (C=O) groups is 1. The normalized spacial score (nSPS) is 19.5. The molecule has 0 bridgehead atoms. The molecule has 1 aromatic rings. The SMILES string of the molecule is Cc1ccccc1CCC(=O)N1CCCC[C@H]1CN. The molecule has 3 heteroatoms. The van der Waals surface area contributed by atoms with Crippen LogP contribution >= 0.6 is 0 Å². The van der Waals surface area contributed by atoms with E-state index in [4.69, 9.17) is 5.73 Å². The van der Waals surface area contributed by atoms with E-state index in [9.17, 15) is 4.79 Å². The number of benzene rings is 1. The van der Waals surface area contributed by atoms with Crippen molar-refractivity contribution in [2.24, 2.45) is 5.73 Å². The first-order valence-electron chi connectivity index (χ1n) is 7.26. The topological polar surface area (TPSA) is 46.3 Å². The molecule has 1 fully saturated rings. The van der Waals surface area contributed by atoms with Crippen LogP contribution in [-0.2, 0) is 11.2 Å². The van der Waals surface area contributed by atoms with Gasteiger partial charge in [-0.25, -0.2) is 0 Å². The number of nitrogens with two attached hydrogens (primary N) is 1. The highest BCUT2D eigenvalue weighted by atomic mass is 16.2. The minimum atomic E-state index is 0.262. The average molecular weight is 260 g/mol. The molecular weight excluding hydrogens is 236 g/mol. The van der Waals surface area contributed by atoms with Gasteiger partial charge in [-0.3, -0.25) is 4.79 Å². The maximum atomic E-state index is 12.3. The number of hydrogen-bond donors (Lipinski definition) is 1. The van der Waals surface area contributed by atoms with Crippen molar-refractivity contribution in [2.45, 2.75) is 45.1 Å². The second-order valence-corrected chi connectivity index (χ2v) is 5.40. The van der Waals surface area contributed by atoms with Gasteiger partial charge in [0.25, 0.3) is 0 Å². The van der Waals surface area contributed by atoms with Crippen LogP contribution in [0.2, 0.25) is 0 Å². The van der Waals surface area contributed by atoms with Crippen LogP contribution in [0.3, 0.4) is 0 Å². The third-order valence-electron chi connectivity index (χ3n) is 4.09. The highest BCUT2D eigenvalue weighted by Gasteiger charge is 2.24. The molecule has 0 aliphatic carbocycles. The van der Waals surface area contributed by atoms with Gasteiger partial charge in [-0.05, 0) is 43.7 Å². The minimum Gasteiger partial charge on any atom is -0.338 e. The lowest BCUT2D eigenvalue weighted by Gasteiger charge is -2.35. The van der Waals surface area contributed by atoms with E-state index in [2.05, 4.69) is 19.1 Å². The quantitative estimate of drug-likeness (QED) is 0.902. The van der Waals surface area contributed by atoms with Crippen molar-refractivity contribution in [1.82, 2.24) is 4.90 Å². The van der Waals surface area contributed by atoms with Gasteiger partial charge in [-0.15, -0.1) is 0 Å². The molecule has 0 unspecified atom stereocenters. The van der Waals surface area contributed by atoms with Crippen LogP contribution in [0.4, 0.5) is 0 Å². The Kier molecular flexibility index (Phi) is 4.97. The second-order valence-electron chi connectivity index (χ2n) is 5.40. The Bertz CT molecular complexity index is 431. The monoisotopic (exact) mass is 260 g/mol. The first-order chi connectivity index (χ1) is 9.22. The van der Waals surface area contributed by atoms with Gasteiger partial charge in [-0.2, -0.15) is 0 Å². The summed E-state index contributed by atoms with van der Waals surface area (Å²) in [5.74, 6) is 0.262. The van der Waals surface area contributed by atoms with Gasteiger partial charge in [-0.1, -0.05) is 24.3 Å². The largest absolute Gasteiger partial charge is 0.338 e. The Morgan fingerprint density at radius 2 is 2.16 bits per heavy atom. The van der Waals surface area contributed by atoms with Crippen molar-refractivity contribution >= 4 is 5.91 Å². The smallest absolute Gasteiger partial charge is 0.223 e. The van der Waals surface area contributed by atoms with E-state index in [0.29, 0.717) is 13.0 Å². The standard InChI is InChI=1S/C16H24N2O/c1-13-6-2-3-7-14(13)9-10-16(19)18-11-5-4-8-15(18)12-17/h2-3,6-7,15H,4-5,8-12,17H2,1H3/t15-/m0/s1. The van der Waals surface area contributed by atoms with Gasteiger partial charge in [0.05, 0.1) is 0 Å². The molecular formula is C16H24N2O. The Morgan fingerprint density at radius 3 is 2.89 bits per heavy atom. The van der Waals surface area contributed by atoms with E-state index in [1.165, 1.54) is 17.5 Å². The van der Waals surface area contributed by atoms with Crippen LogP contribution in [0.25, 0.3) is 0 Å². The molecule has 1 aliphatic rings. The number of amides is 1. The maximum absolute atomic E-state index is 12.3. The first kappa shape index (κ1) is 14.1. The Hall–Kier alpha value is -1.35. The molecule has 0 spiro atoms. The molecule has 1 heterocycles. The molecule has 1 aliphatic heterocycles. The first-order valence-corrected chi connectivity index (χ1v) is 7.26. The van der Waals surface area contributed by atoms with Crippen LogP contribution in [-0.4, -0.2) is 29.9 Å². The van der Waals surface area contributed by atoms with Gasteiger partial charge in [0.1, 0.15) is 0 Å². The van der Waals surface area contributed by atoms with Crippen molar-refractivity contribution in [3.63, 3.8) is 0 Å². The Balaban J connectivity index is 1.92. The third kappa shape index (κ3) is 3.57. The molecule has 1 aromatic carbocycles. The molecule has 3 nitrogen and oxygen atoms in total. The van der Waals surface area contributed by atoms with Crippen molar-refractivity contribution in [2.75, 3.05) is 13.1 Å². The van der Waals surface area contributed by atoms with Gasteiger partial charge in [0.15, 0.2) is 0 Å². The molecule has 0 aromatic heterocycles. The molecule has 2 rings (SSSR count). The maximum Gasteiger partial charge on any atom is 0.223 e. The molecule has 1 amide bonds. The number of aryl methyl sites for hydroxylation is 2. The number of piperidine rings is 1. The highest BCUT2D eigenvalue weighted by Crippen LogP contribution is 2.18. The fourth-order valence-electron chi connectivity index (χ4n) is 2.85. The summed E-state index contributed by atoms with van der Waals surface area (Å²) in [4.78, 5) is 14.3. The Morgan fingerprint density at radius 1 is 1.37 bits per heavy atom. The summed E-state index contributed by atoms with van der Waals surface area (Å²) in [6.07, 6.45) is 4.81. The van der Waals surface area contributed by atoms with Gasteiger partial charge in [0.2, 0.25) is 5.91 Å². The van der Waals surface area contributed by atoms with Crippen LogP contribution in [0, 0.1) is 6.92 Å². The minimum absolute atomic E-state index is 0.262. The second kappa shape index (κ2) is 6.71. The molecule has 1 saturated heterocycles. The summed E-state index contributed by atoms with van der Waals surface area (Å²) in [5.41, 5.74) is 8.31. The predicted molar refractivity (Wildman–Crippen MR) is 77.9 cm³/mol. The van der Waals surface area contributed by atoms with E-state index >= 15 is 0 Å². The van der Waals surface area contributed by atoms with Crippen molar-refractivity contribution < 1.29 is 4.79 Å². The van der Waals surface area contributed by atoms with Crippen LogP contribution < -0.4 is 5.73 Å². The number of nitrogens with zero attached hydrogens (tertiary/aromatic N) is 1. The number of carbonyl (C=O) groups excluding carboxylic acids is 1. The summed E-state index contributed by atoms with van der Waals surface area (Å²) in [7, 11) is 0. The fourth-order valence-corrected chi connectivity index (χ4v) is 2.85.